The maximum absolute atomic E-state index is 13.0. The number of benzene rings is 1. The molecule has 0 radical (unpaired) electrons. The highest BCUT2D eigenvalue weighted by molar-refractivity contribution is 5.94. The van der Waals surface area contributed by atoms with Crippen LogP contribution in [-0.2, 0) is 4.79 Å². The van der Waals surface area contributed by atoms with Gasteiger partial charge in [0.25, 0.3) is 0 Å². The Balaban J connectivity index is 1.78. The lowest BCUT2D eigenvalue weighted by Crippen LogP contribution is -2.40. The van der Waals surface area contributed by atoms with E-state index in [1.54, 1.807) is 26.0 Å². The quantitative estimate of drug-likeness (QED) is 0.784. The average molecular weight is 337 g/mol. The van der Waals surface area contributed by atoms with E-state index in [0.29, 0.717) is 5.76 Å². The molecule has 6 nitrogen and oxygen atoms in total. The molecule has 0 aliphatic carbocycles. The van der Waals surface area contributed by atoms with Gasteiger partial charge in [-0.1, -0.05) is 0 Å². The van der Waals surface area contributed by atoms with E-state index in [1.165, 1.54) is 6.07 Å². The van der Waals surface area contributed by atoms with Crippen LogP contribution in [0.25, 0.3) is 0 Å². The molecule has 0 fully saturated rings. The maximum Gasteiger partial charge on any atom is 0.315 e. The van der Waals surface area contributed by atoms with Crippen LogP contribution in [0.3, 0.4) is 0 Å². The minimum absolute atomic E-state index is 0.0977. The third-order valence-corrected chi connectivity index (χ3v) is 3.15. The minimum Gasteiger partial charge on any atom is -0.464 e. The summed E-state index contributed by atoms with van der Waals surface area (Å²) in [5.74, 6) is -1.33. The Labute approximate surface area is 137 Å². The van der Waals surface area contributed by atoms with Crippen LogP contribution in [0, 0.1) is 18.6 Å². The molecule has 2 rings (SSSR count). The Morgan fingerprint density at radius 2 is 1.92 bits per heavy atom. The second-order valence-electron chi connectivity index (χ2n) is 5.17. The number of nitrogens with one attached hydrogen (secondary N) is 3. The van der Waals surface area contributed by atoms with E-state index in [2.05, 4.69) is 16.0 Å². The smallest absolute Gasteiger partial charge is 0.315 e. The topological polar surface area (TPSA) is 83.4 Å². The zero-order chi connectivity index (χ0) is 17.7. The molecule has 3 amide bonds. The monoisotopic (exact) mass is 337 g/mol. The highest BCUT2D eigenvalue weighted by Gasteiger charge is 2.13. The second kappa shape index (κ2) is 7.58. The summed E-state index contributed by atoms with van der Waals surface area (Å²) >= 11 is 0. The number of anilines is 1. The molecule has 1 unspecified atom stereocenters. The van der Waals surface area contributed by atoms with Crippen molar-refractivity contribution in [2.75, 3.05) is 11.9 Å². The molecule has 0 aliphatic heterocycles. The van der Waals surface area contributed by atoms with Crippen LogP contribution < -0.4 is 16.0 Å². The third-order valence-electron chi connectivity index (χ3n) is 3.15. The minimum atomic E-state index is -1.07. The molecule has 1 heterocycles. The molecule has 0 bridgehead atoms. The molecule has 2 aromatic rings. The molecule has 1 aromatic carbocycles. The molecule has 0 saturated carbocycles. The van der Waals surface area contributed by atoms with Crippen LogP contribution in [0.1, 0.15) is 24.5 Å². The van der Waals surface area contributed by atoms with E-state index in [4.69, 9.17) is 4.42 Å². The number of urea groups is 1. The van der Waals surface area contributed by atoms with Gasteiger partial charge in [-0.2, -0.15) is 0 Å². The summed E-state index contributed by atoms with van der Waals surface area (Å²) in [6.07, 6.45) is 0. The van der Waals surface area contributed by atoms with Crippen molar-refractivity contribution in [3.05, 3.63) is 53.5 Å². The van der Waals surface area contributed by atoms with Crippen LogP contribution >= 0.6 is 0 Å². The van der Waals surface area contributed by atoms with Crippen molar-refractivity contribution < 1.29 is 22.8 Å². The van der Waals surface area contributed by atoms with Crippen molar-refractivity contribution in [1.82, 2.24) is 10.6 Å². The summed E-state index contributed by atoms with van der Waals surface area (Å²) in [5, 5.41) is 7.32. The number of rotatable bonds is 5. The maximum atomic E-state index is 13.0. The van der Waals surface area contributed by atoms with Crippen molar-refractivity contribution in [2.45, 2.75) is 19.9 Å². The highest BCUT2D eigenvalue weighted by Crippen LogP contribution is 2.15. The Morgan fingerprint density at radius 1 is 1.17 bits per heavy atom. The standard InChI is InChI=1S/C16H17F2N3O3/c1-9-3-6-14(24-9)10(2)20-16(23)19-8-15(22)21-11-4-5-12(17)13(18)7-11/h3-7,10H,8H2,1-2H3,(H,21,22)(H2,19,20,23). The molecule has 24 heavy (non-hydrogen) atoms. The van der Waals surface area contributed by atoms with E-state index < -0.39 is 23.6 Å². The van der Waals surface area contributed by atoms with Crippen molar-refractivity contribution in [2.24, 2.45) is 0 Å². The lowest BCUT2D eigenvalue weighted by Gasteiger charge is -2.12. The Kier molecular flexibility index (Phi) is 5.51. The number of carbonyl (C=O) groups excluding carboxylic acids is 2. The van der Waals surface area contributed by atoms with Gasteiger partial charge in [-0.25, -0.2) is 13.6 Å². The van der Waals surface area contributed by atoms with Crippen LogP contribution in [0.4, 0.5) is 19.3 Å². The largest absolute Gasteiger partial charge is 0.464 e. The first-order valence-electron chi connectivity index (χ1n) is 7.20. The van der Waals surface area contributed by atoms with Gasteiger partial charge >= 0.3 is 6.03 Å². The molecule has 8 heteroatoms. The van der Waals surface area contributed by atoms with Gasteiger partial charge in [-0.15, -0.1) is 0 Å². The zero-order valence-electron chi connectivity index (χ0n) is 13.2. The summed E-state index contributed by atoms with van der Waals surface area (Å²) < 4.78 is 31.2. The summed E-state index contributed by atoms with van der Waals surface area (Å²) in [5.41, 5.74) is 0.0977. The third kappa shape index (κ3) is 4.80. The molecule has 0 saturated heterocycles. The second-order valence-corrected chi connectivity index (χ2v) is 5.17. The van der Waals surface area contributed by atoms with Gasteiger partial charge in [0.1, 0.15) is 11.5 Å². The fraction of sp³-hybridized carbons (Fsp3) is 0.250. The number of halogens is 2. The number of aryl methyl sites for hydroxylation is 1. The van der Waals surface area contributed by atoms with Gasteiger partial charge in [-0.05, 0) is 38.1 Å². The molecule has 0 aliphatic rings. The lowest BCUT2D eigenvalue weighted by molar-refractivity contribution is -0.115. The predicted molar refractivity (Wildman–Crippen MR) is 83.4 cm³/mol. The van der Waals surface area contributed by atoms with Crippen molar-refractivity contribution in [3.8, 4) is 0 Å². The summed E-state index contributed by atoms with van der Waals surface area (Å²) in [4.78, 5) is 23.4. The van der Waals surface area contributed by atoms with Gasteiger partial charge in [0.05, 0.1) is 12.6 Å². The fourth-order valence-electron chi connectivity index (χ4n) is 1.94. The molecular formula is C16H17F2N3O3. The van der Waals surface area contributed by atoms with Gasteiger partial charge in [0.15, 0.2) is 11.6 Å². The molecule has 0 spiro atoms. The first kappa shape index (κ1) is 17.5. The van der Waals surface area contributed by atoms with E-state index in [0.717, 1.165) is 17.9 Å². The number of hydrogen-bond acceptors (Lipinski definition) is 3. The summed E-state index contributed by atoms with van der Waals surface area (Å²) in [6, 6.07) is 5.58. The van der Waals surface area contributed by atoms with Crippen LogP contribution in [0.15, 0.2) is 34.7 Å². The fourth-order valence-corrected chi connectivity index (χ4v) is 1.94. The zero-order valence-corrected chi connectivity index (χ0v) is 13.2. The molecule has 3 N–H and O–H groups in total. The van der Waals surface area contributed by atoms with E-state index in [-0.39, 0.29) is 18.3 Å². The molecular weight excluding hydrogens is 320 g/mol. The lowest BCUT2D eigenvalue weighted by atomic mass is 10.2. The van der Waals surface area contributed by atoms with Crippen LogP contribution in [0.2, 0.25) is 0 Å². The Bertz CT molecular complexity index is 746. The van der Waals surface area contributed by atoms with Crippen LogP contribution in [-0.4, -0.2) is 18.5 Å². The first-order chi connectivity index (χ1) is 11.3. The van der Waals surface area contributed by atoms with Gasteiger partial charge in [0, 0.05) is 11.8 Å². The summed E-state index contributed by atoms with van der Waals surface area (Å²) in [7, 11) is 0. The van der Waals surface area contributed by atoms with Gasteiger partial charge < -0.3 is 20.4 Å². The number of hydrogen-bond donors (Lipinski definition) is 3. The normalized spacial score (nSPS) is 11.7. The number of carbonyl (C=O) groups is 2. The molecule has 1 aromatic heterocycles. The Morgan fingerprint density at radius 3 is 2.54 bits per heavy atom. The van der Waals surface area contributed by atoms with Gasteiger partial charge in [0.2, 0.25) is 5.91 Å². The SMILES string of the molecule is Cc1ccc(C(C)NC(=O)NCC(=O)Nc2ccc(F)c(F)c2)o1. The molecule has 1 atom stereocenters. The van der Waals surface area contributed by atoms with E-state index in [9.17, 15) is 18.4 Å². The number of furan rings is 1. The van der Waals surface area contributed by atoms with Crippen molar-refractivity contribution >= 4 is 17.6 Å². The van der Waals surface area contributed by atoms with Gasteiger partial charge in [-0.3, -0.25) is 4.79 Å². The highest BCUT2D eigenvalue weighted by atomic mass is 19.2. The summed E-state index contributed by atoms with van der Waals surface area (Å²) in [6.45, 7) is 3.20. The predicted octanol–water partition coefficient (Wildman–Crippen LogP) is 2.87. The average Bonchev–Trinajstić information content (AvgIpc) is 2.96. The van der Waals surface area contributed by atoms with Crippen molar-refractivity contribution in [1.29, 1.82) is 0 Å². The number of amides is 3. The van der Waals surface area contributed by atoms with Crippen molar-refractivity contribution in [3.63, 3.8) is 0 Å². The first-order valence-corrected chi connectivity index (χ1v) is 7.20. The molecule has 128 valence electrons. The Hall–Kier alpha value is -2.90. The van der Waals surface area contributed by atoms with E-state index in [1.807, 2.05) is 0 Å². The van der Waals surface area contributed by atoms with E-state index >= 15 is 0 Å². The van der Waals surface area contributed by atoms with Crippen LogP contribution in [0.5, 0.6) is 0 Å².